The van der Waals surface area contributed by atoms with Gasteiger partial charge in [0.2, 0.25) is 0 Å². The van der Waals surface area contributed by atoms with E-state index in [1.54, 1.807) is 6.92 Å². The Morgan fingerprint density at radius 2 is 2.05 bits per heavy atom. The monoisotopic (exact) mass is 364 g/mol. The number of carbonyl (C=O) groups is 1. The number of aromatic nitrogens is 1. The standard InChI is InChI=1S/C15H10BrFN2O3/c1-3-22-15(21)11-8-12(16)13(18-2)19(14(11)20)10-6-4-9(17)5-7-10/h4-8H,3H2,1H3. The molecule has 2 rings (SSSR count). The maximum atomic E-state index is 13.0. The number of ether oxygens (including phenoxy) is 1. The third-order valence-corrected chi connectivity index (χ3v) is 3.40. The number of carbonyl (C=O) groups excluding carboxylic acids is 1. The summed E-state index contributed by atoms with van der Waals surface area (Å²) in [5, 5.41) is 0. The van der Waals surface area contributed by atoms with Gasteiger partial charge in [-0.05, 0) is 37.3 Å². The van der Waals surface area contributed by atoms with E-state index >= 15 is 0 Å². The minimum absolute atomic E-state index is 0.00958. The summed E-state index contributed by atoms with van der Waals surface area (Å²) < 4.78 is 19.2. The Morgan fingerprint density at radius 3 is 2.59 bits per heavy atom. The number of hydrogen-bond acceptors (Lipinski definition) is 3. The Hall–Kier alpha value is -2.46. The maximum absolute atomic E-state index is 13.0. The van der Waals surface area contributed by atoms with Crippen LogP contribution in [-0.4, -0.2) is 17.1 Å². The van der Waals surface area contributed by atoms with E-state index in [2.05, 4.69) is 20.8 Å². The fraction of sp³-hybridized carbons (Fsp3) is 0.133. The largest absolute Gasteiger partial charge is 0.462 e. The molecular formula is C15H10BrFN2O3. The number of pyridine rings is 1. The van der Waals surface area contributed by atoms with Gasteiger partial charge in [-0.1, -0.05) is 22.5 Å². The molecule has 7 heteroatoms. The summed E-state index contributed by atoms with van der Waals surface area (Å²) in [5.74, 6) is -1.26. The first kappa shape index (κ1) is 15.9. The van der Waals surface area contributed by atoms with Crippen LogP contribution >= 0.6 is 15.9 Å². The Morgan fingerprint density at radius 1 is 1.41 bits per heavy atom. The van der Waals surface area contributed by atoms with Gasteiger partial charge in [0.25, 0.3) is 5.82 Å². The Labute approximate surface area is 133 Å². The van der Waals surface area contributed by atoms with Crippen LogP contribution in [0, 0.1) is 12.4 Å². The lowest BCUT2D eigenvalue weighted by Crippen LogP contribution is -2.26. The first-order valence-corrected chi connectivity index (χ1v) is 7.05. The fourth-order valence-corrected chi connectivity index (χ4v) is 2.36. The van der Waals surface area contributed by atoms with Crippen LogP contribution in [-0.2, 0) is 4.74 Å². The Kier molecular flexibility index (Phi) is 4.73. The molecule has 112 valence electrons. The van der Waals surface area contributed by atoms with E-state index in [0.717, 1.165) is 4.57 Å². The van der Waals surface area contributed by atoms with Gasteiger partial charge in [-0.25, -0.2) is 18.5 Å². The van der Waals surface area contributed by atoms with Crippen LogP contribution in [0.25, 0.3) is 10.5 Å². The van der Waals surface area contributed by atoms with Gasteiger partial charge in [0.15, 0.2) is 0 Å². The van der Waals surface area contributed by atoms with Crippen LogP contribution < -0.4 is 5.56 Å². The Balaban J connectivity index is 2.76. The number of hydrogen-bond donors (Lipinski definition) is 0. The van der Waals surface area contributed by atoms with Crippen molar-refractivity contribution in [1.29, 1.82) is 0 Å². The molecule has 1 aromatic heterocycles. The smallest absolute Gasteiger partial charge is 0.346 e. The van der Waals surface area contributed by atoms with Gasteiger partial charge >= 0.3 is 11.5 Å². The first-order valence-electron chi connectivity index (χ1n) is 6.25. The molecule has 0 N–H and O–H groups in total. The lowest BCUT2D eigenvalue weighted by molar-refractivity contribution is 0.0524. The molecule has 0 saturated carbocycles. The molecule has 0 aliphatic rings. The number of halogens is 2. The molecule has 1 heterocycles. The predicted molar refractivity (Wildman–Crippen MR) is 81.9 cm³/mol. The highest BCUT2D eigenvalue weighted by atomic mass is 79.9. The lowest BCUT2D eigenvalue weighted by atomic mass is 10.2. The number of rotatable bonds is 3. The zero-order valence-electron chi connectivity index (χ0n) is 11.5. The van der Waals surface area contributed by atoms with Crippen LogP contribution in [0.2, 0.25) is 0 Å². The van der Waals surface area contributed by atoms with Crippen LogP contribution in [0.1, 0.15) is 17.3 Å². The Bertz CT molecular complexity index is 822. The normalized spacial score (nSPS) is 10.1. The third-order valence-electron chi connectivity index (χ3n) is 2.82. The van der Waals surface area contributed by atoms with Crippen LogP contribution in [0.4, 0.5) is 10.2 Å². The molecule has 0 atom stereocenters. The van der Waals surface area contributed by atoms with E-state index in [1.165, 1.54) is 30.3 Å². The summed E-state index contributed by atoms with van der Waals surface area (Å²) in [6.45, 7) is 8.96. The quantitative estimate of drug-likeness (QED) is 0.618. The van der Waals surface area contributed by atoms with Crippen molar-refractivity contribution >= 4 is 27.7 Å². The lowest BCUT2D eigenvalue weighted by Gasteiger charge is -2.10. The summed E-state index contributed by atoms with van der Waals surface area (Å²) in [7, 11) is 0. The molecule has 0 unspecified atom stereocenters. The molecule has 0 spiro atoms. The number of esters is 1. The second-order valence-electron chi connectivity index (χ2n) is 4.18. The molecule has 0 bridgehead atoms. The highest BCUT2D eigenvalue weighted by molar-refractivity contribution is 9.10. The van der Waals surface area contributed by atoms with Gasteiger partial charge < -0.3 is 9.58 Å². The van der Waals surface area contributed by atoms with E-state index in [4.69, 9.17) is 11.3 Å². The summed E-state index contributed by atoms with van der Waals surface area (Å²) in [4.78, 5) is 27.7. The molecule has 0 radical (unpaired) electrons. The van der Waals surface area contributed by atoms with Gasteiger partial charge in [0.05, 0.1) is 6.61 Å². The fourth-order valence-electron chi connectivity index (χ4n) is 1.86. The zero-order valence-corrected chi connectivity index (χ0v) is 13.1. The highest BCUT2D eigenvalue weighted by Gasteiger charge is 2.22. The van der Waals surface area contributed by atoms with Gasteiger partial charge in [0.1, 0.15) is 17.1 Å². The minimum Gasteiger partial charge on any atom is -0.462 e. The van der Waals surface area contributed by atoms with Crippen LogP contribution in [0.15, 0.2) is 39.6 Å². The molecule has 0 amide bonds. The average molecular weight is 365 g/mol. The van der Waals surface area contributed by atoms with Crippen molar-refractivity contribution in [2.75, 3.05) is 6.61 Å². The van der Waals surface area contributed by atoms with Crippen molar-refractivity contribution in [3.05, 3.63) is 68.0 Å². The van der Waals surface area contributed by atoms with Gasteiger partial charge in [-0.3, -0.25) is 0 Å². The van der Waals surface area contributed by atoms with E-state index in [9.17, 15) is 14.0 Å². The third kappa shape index (κ3) is 2.92. The van der Waals surface area contributed by atoms with Crippen molar-refractivity contribution in [3.8, 4) is 5.69 Å². The molecule has 2 aromatic rings. The maximum Gasteiger partial charge on any atom is 0.346 e. The van der Waals surface area contributed by atoms with Crippen LogP contribution in [0.5, 0.6) is 0 Å². The topological polar surface area (TPSA) is 52.7 Å². The van der Waals surface area contributed by atoms with Crippen molar-refractivity contribution in [2.24, 2.45) is 0 Å². The molecular weight excluding hydrogens is 355 g/mol. The van der Waals surface area contributed by atoms with Gasteiger partial charge in [0, 0.05) is 4.47 Å². The molecule has 22 heavy (non-hydrogen) atoms. The second kappa shape index (κ2) is 6.54. The van der Waals surface area contributed by atoms with Crippen molar-refractivity contribution < 1.29 is 13.9 Å². The minimum atomic E-state index is -0.777. The van der Waals surface area contributed by atoms with Crippen molar-refractivity contribution in [2.45, 2.75) is 6.92 Å². The molecule has 0 saturated heterocycles. The summed E-state index contributed by atoms with van der Waals surface area (Å²) in [6, 6.07) is 6.30. The van der Waals surface area contributed by atoms with Gasteiger partial charge in [-0.15, -0.1) is 0 Å². The van der Waals surface area contributed by atoms with Crippen molar-refractivity contribution in [3.63, 3.8) is 0 Å². The summed E-state index contributed by atoms with van der Waals surface area (Å²) >= 11 is 3.17. The number of benzene rings is 1. The zero-order chi connectivity index (χ0) is 16.3. The van der Waals surface area contributed by atoms with Crippen LogP contribution in [0.3, 0.4) is 0 Å². The highest BCUT2D eigenvalue weighted by Crippen LogP contribution is 2.27. The van der Waals surface area contributed by atoms with E-state index in [1.807, 2.05) is 0 Å². The van der Waals surface area contributed by atoms with Crippen molar-refractivity contribution in [1.82, 2.24) is 4.57 Å². The summed E-state index contributed by atoms with van der Waals surface area (Å²) in [6.07, 6.45) is 0. The molecule has 1 aromatic carbocycles. The van der Waals surface area contributed by atoms with Gasteiger partial charge in [-0.2, -0.15) is 0 Å². The first-order chi connectivity index (χ1) is 10.5. The molecule has 0 fully saturated rings. The summed E-state index contributed by atoms with van der Waals surface area (Å²) in [5.41, 5.74) is -0.617. The predicted octanol–water partition coefficient (Wildman–Crippen LogP) is 3.47. The molecule has 5 nitrogen and oxygen atoms in total. The van der Waals surface area contributed by atoms with E-state index in [-0.39, 0.29) is 28.1 Å². The second-order valence-corrected chi connectivity index (χ2v) is 5.03. The van der Waals surface area contributed by atoms with E-state index in [0.29, 0.717) is 0 Å². The molecule has 0 aliphatic heterocycles. The molecule has 0 aliphatic carbocycles. The SMILES string of the molecule is [C-]#[N+]c1c(Br)cc(C(=O)OCC)c(=O)n1-c1ccc(F)cc1. The van der Waals surface area contributed by atoms with E-state index < -0.39 is 17.3 Å². The average Bonchev–Trinajstić information content (AvgIpc) is 2.50. The number of nitrogens with zero attached hydrogens (tertiary/aromatic N) is 2.